The van der Waals surface area contributed by atoms with Crippen LogP contribution >= 0.6 is 11.6 Å². The highest BCUT2D eigenvalue weighted by Crippen LogP contribution is 2.15. The summed E-state index contributed by atoms with van der Waals surface area (Å²) in [5.74, 6) is 0. The van der Waals surface area contributed by atoms with E-state index in [-0.39, 0.29) is 10.6 Å². The molecule has 0 saturated heterocycles. The van der Waals surface area contributed by atoms with Crippen molar-refractivity contribution in [1.29, 1.82) is 0 Å². The predicted octanol–water partition coefficient (Wildman–Crippen LogP) is 1.67. The Kier molecular flexibility index (Phi) is 6.15. The van der Waals surface area contributed by atoms with Crippen molar-refractivity contribution < 1.29 is 0 Å². The maximum Gasteiger partial charge on any atom is 0.287 e. The van der Waals surface area contributed by atoms with Crippen LogP contribution in [0.5, 0.6) is 0 Å². The van der Waals surface area contributed by atoms with Crippen molar-refractivity contribution in [1.82, 2.24) is 14.7 Å². The van der Waals surface area contributed by atoms with Crippen LogP contribution in [0.15, 0.2) is 11.0 Å². The summed E-state index contributed by atoms with van der Waals surface area (Å²) in [5, 5.41) is 7.41. The molecule has 0 aromatic carbocycles. The van der Waals surface area contributed by atoms with Crippen LogP contribution in [0.1, 0.15) is 19.8 Å². The minimum atomic E-state index is -0.238. The van der Waals surface area contributed by atoms with E-state index in [1.165, 1.54) is 4.68 Å². The first-order valence-electron chi connectivity index (χ1n) is 6.20. The highest BCUT2D eigenvalue weighted by atomic mass is 35.5. The van der Waals surface area contributed by atoms with Crippen LogP contribution in [0.2, 0.25) is 5.02 Å². The maximum absolute atomic E-state index is 11.7. The van der Waals surface area contributed by atoms with Crippen LogP contribution in [0.4, 0.5) is 5.69 Å². The highest BCUT2D eigenvalue weighted by Gasteiger charge is 2.07. The van der Waals surface area contributed by atoms with E-state index in [0.29, 0.717) is 12.2 Å². The van der Waals surface area contributed by atoms with Crippen LogP contribution in [0.3, 0.4) is 0 Å². The third-order valence-electron chi connectivity index (χ3n) is 2.63. The number of nitrogens with one attached hydrogen (secondary N) is 1. The molecule has 102 valence electrons. The topological polar surface area (TPSA) is 50.2 Å². The molecule has 0 radical (unpaired) electrons. The highest BCUT2D eigenvalue weighted by molar-refractivity contribution is 6.32. The van der Waals surface area contributed by atoms with E-state index in [1.54, 1.807) is 6.20 Å². The fourth-order valence-electron chi connectivity index (χ4n) is 1.59. The summed E-state index contributed by atoms with van der Waals surface area (Å²) in [6.45, 7) is 4.25. The molecule has 0 amide bonds. The van der Waals surface area contributed by atoms with E-state index in [4.69, 9.17) is 11.6 Å². The fraction of sp³-hybridized carbons (Fsp3) is 0.667. The Hall–Kier alpha value is -1.07. The van der Waals surface area contributed by atoms with Gasteiger partial charge < -0.3 is 10.2 Å². The first kappa shape index (κ1) is 15.0. The number of unbranched alkanes of at least 4 members (excludes halogenated alkanes) is 1. The largest absolute Gasteiger partial charge is 0.382 e. The summed E-state index contributed by atoms with van der Waals surface area (Å²) in [6, 6.07) is 0. The van der Waals surface area contributed by atoms with E-state index in [0.717, 1.165) is 25.9 Å². The Morgan fingerprint density at radius 2 is 2.17 bits per heavy atom. The molecule has 0 aliphatic rings. The van der Waals surface area contributed by atoms with Gasteiger partial charge in [-0.3, -0.25) is 4.79 Å². The molecule has 6 heteroatoms. The van der Waals surface area contributed by atoms with Crippen LogP contribution in [-0.2, 0) is 6.54 Å². The van der Waals surface area contributed by atoms with Gasteiger partial charge in [0.1, 0.15) is 5.02 Å². The van der Waals surface area contributed by atoms with E-state index in [9.17, 15) is 4.79 Å². The van der Waals surface area contributed by atoms with Crippen molar-refractivity contribution >= 4 is 17.3 Å². The number of anilines is 1. The molecule has 0 bridgehead atoms. The molecule has 0 unspecified atom stereocenters. The van der Waals surface area contributed by atoms with E-state index < -0.39 is 0 Å². The lowest BCUT2D eigenvalue weighted by atomic mass is 10.3. The summed E-state index contributed by atoms with van der Waals surface area (Å²) in [6.07, 6.45) is 3.75. The summed E-state index contributed by atoms with van der Waals surface area (Å²) in [7, 11) is 4.11. The zero-order valence-electron chi connectivity index (χ0n) is 11.2. The van der Waals surface area contributed by atoms with Gasteiger partial charge in [-0.05, 0) is 40.4 Å². The zero-order chi connectivity index (χ0) is 13.5. The lowest BCUT2D eigenvalue weighted by Crippen LogP contribution is -2.23. The minimum absolute atomic E-state index is 0.222. The van der Waals surface area contributed by atoms with Crippen molar-refractivity contribution in [3.05, 3.63) is 21.6 Å². The molecule has 0 saturated carbocycles. The van der Waals surface area contributed by atoms with Gasteiger partial charge in [0.2, 0.25) is 0 Å². The third-order valence-corrected chi connectivity index (χ3v) is 3.00. The summed E-state index contributed by atoms with van der Waals surface area (Å²) < 4.78 is 1.35. The van der Waals surface area contributed by atoms with Gasteiger partial charge in [-0.25, -0.2) is 4.68 Å². The monoisotopic (exact) mass is 272 g/mol. The first-order chi connectivity index (χ1) is 8.56. The van der Waals surface area contributed by atoms with E-state index in [1.807, 2.05) is 6.92 Å². The Balaban J connectivity index is 2.48. The molecule has 1 heterocycles. The molecule has 0 spiro atoms. The van der Waals surface area contributed by atoms with Crippen LogP contribution in [0.25, 0.3) is 0 Å². The fourth-order valence-corrected chi connectivity index (χ4v) is 1.80. The third kappa shape index (κ3) is 4.31. The number of aryl methyl sites for hydroxylation is 1. The van der Waals surface area contributed by atoms with Crippen molar-refractivity contribution in [2.75, 3.05) is 32.5 Å². The number of aromatic nitrogens is 2. The molecule has 0 aliphatic heterocycles. The second-order valence-electron chi connectivity index (χ2n) is 4.43. The van der Waals surface area contributed by atoms with Crippen molar-refractivity contribution in [3.8, 4) is 0 Å². The van der Waals surface area contributed by atoms with Crippen molar-refractivity contribution in [2.45, 2.75) is 26.3 Å². The van der Waals surface area contributed by atoms with Gasteiger partial charge >= 0.3 is 0 Å². The SMILES string of the molecule is CCn1ncc(NCCCCN(C)C)c(Cl)c1=O. The van der Waals surface area contributed by atoms with Gasteiger partial charge in [0.05, 0.1) is 11.9 Å². The van der Waals surface area contributed by atoms with Gasteiger partial charge in [-0.2, -0.15) is 5.10 Å². The molecular weight excluding hydrogens is 252 g/mol. The molecule has 1 aromatic rings. The van der Waals surface area contributed by atoms with E-state index >= 15 is 0 Å². The lowest BCUT2D eigenvalue weighted by molar-refractivity contribution is 0.396. The molecule has 0 aliphatic carbocycles. The average Bonchev–Trinajstić information content (AvgIpc) is 2.33. The lowest BCUT2D eigenvalue weighted by Gasteiger charge is -2.11. The first-order valence-corrected chi connectivity index (χ1v) is 6.58. The van der Waals surface area contributed by atoms with Crippen LogP contribution < -0.4 is 10.9 Å². The Bertz CT molecular complexity index is 431. The summed E-state index contributed by atoms with van der Waals surface area (Å²) >= 11 is 6.00. The smallest absolute Gasteiger partial charge is 0.287 e. The van der Waals surface area contributed by atoms with Gasteiger partial charge in [0.25, 0.3) is 5.56 Å². The van der Waals surface area contributed by atoms with Crippen molar-refractivity contribution in [3.63, 3.8) is 0 Å². The number of hydrogen-bond donors (Lipinski definition) is 1. The molecule has 1 N–H and O–H groups in total. The molecule has 0 fully saturated rings. The van der Waals surface area contributed by atoms with E-state index in [2.05, 4.69) is 29.4 Å². The van der Waals surface area contributed by atoms with Gasteiger partial charge in [-0.15, -0.1) is 0 Å². The van der Waals surface area contributed by atoms with Gasteiger partial charge in [0, 0.05) is 13.1 Å². The molecule has 1 aromatic heterocycles. The van der Waals surface area contributed by atoms with Gasteiger partial charge in [-0.1, -0.05) is 11.6 Å². The Morgan fingerprint density at radius 3 is 2.78 bits per heavy atom. The number of nitrogens with zero attached hydrogens (tertiary/aromatic N) is 3. The molecule has 0 atom stereocenters. The molecule has 1 rings (SSSR count). The zero-order valence-corrected chi connectivity index (χ0v) is 12.0. The number of hydrogen-bond acceptors (Lipinski definition) is 4. The van der Waals surface area contributed by atoms with Crippen LogP contribution in [-0.4, -0.2) is 41.9 Å². The molecular formula is C12H21ClN4O. The summed E-state index contributed by atoms with van der Waals surface area (Å²) in [4.78, 5) is 13.9. The standard InChI is InChI=1S/C12H21ClN4O/c1-4-17-12(18)11(13)10(9-15-17)14-7-5-6-8-16(2)3/h9,14H,4-8H2,1-3H3. The second kappa shape index (κ2) is 7.38. The Labute approximate surface area is 113 Å². The molecule has 5 nitrogen and oxygen atoms in total. The maximum atomic E-state index is 11.7. The quantitative estimate of drug-likeness (QED) is 0.767. The number of rotatable bonds is 7. The second-order valence-corrected chi connectivity index (χ2v) is 4.81. The normalized spacial score (nSPS) is 10.9. The number of halogens is 1. The minimum Gasteiger partial charge on any atom is -0.382 e. The van der Waals surface area contributed by atoms with Crippen molar-refractivity contribution in [2.24, 2.45) is 0 Å². The summed E-state index contributed by atoms with van der Waals surface area (Å²) in [5.41, 5.74) is 0.383. The average molecular weight is 273 g/mol. The van der Waals surface area contributed by atoms with Gasteiger partial charge in [0.15, 0.2) is 0 Å². The molecule has 18 heavy (non-hydrogen) atoms. The van der Waals surface area contributed by atoms with Crippen LogP contribution in [0, 0.1) is 0 Å². The predicted molar refractivity (Wildman–Crippen MR) is 75.5 cm³/mol. The Morgan fingerprint density at radius 1 is 1.44 bits per heavy atom.